The molecule has 0 saturated carbocycles. The molecule has 26 heavy (non-hydrogen) atoms. The topological polar surface area (TPSA) is 71.8 Å². The standard InChI is InChI=1S/C19H24N2O4S/c1-5-18-16(9-14(3)25-18)17-8-13(2)6-7-19(17)26(22,23)24-11-15-10-20-12-21(15)4/h6-10,20H,5,11-12H2,1-4H3. The number of benzene rings is 1. The predicted octanol–water partition coefficient (Wildman–Crippen LogP) is 3.17. The van der Waals surface area contributed by atoms with Crippen LogP contribution in [-0.2, 0) is 20.7 Å². The molecule has 1 aromatic carbocycles. The summed E-state index contributed by atoms with van der Waals surface area (Å²) in [7, 11) is -2.04. The van der Waals surface area contributed by atoms with Gasteiger partial charge in [0.1, 0.15) is 23.0 Å². The molecule has 2 aromatic rings. The molecule has 3 rings (SSSR count). The number of hydrogen-bond acceptors (Lipinski definition) is 6. The maximum absolute atomic E-state index is 12.9. The van der Waals surface area contributed by atoms with Crippen LogP contribution in [0.3, 0.4) is 0 Å². The van der Waals surface area contributed by atoms with Crippen LogP contribution in [0.5, 0.6) is 0 Å². The van der Waals surface area contributed by atoms with Gasteiger partial charge in [0.15, 0.2) is 0 Å². The second-order valence-corrected chi connectivity index (χ2v) is 8.04. The van der Waals surface area contributed by atoms with E-state index in [2.05, 4.69) is 5.32 Å². The molecule has 0 atom stereocenters. The summed E-state index contributed by atoms with van der Waals surface area (Å²) in [5.74, 6) is 1.53. The first-order valence-electron chi connectivity index (χ1n) is 8.55. The van der Waals surface area contributed by atoms with Gasteiger partial charge in [0.2, 0.25) is 0 Å². The van der Waals surface area contributed by atoms with E-state index < -0.39 is 10.1 Å². The Labute approximate surface area is 154 Å². The summed E-state index contributed by atoms with van der Waals surface area (Å²) in [6.07, 6.45) is 2.45. The van der Waals surface area contributed by atoms with Crippen molar-refractivity contribution in [1.29, 1.82) is 0 Å². The minimum atomic E-state index is -3.92. The van der Waals surface area contributed by atoms with Gasteiger partial charge in [0, 0.05) is 30.8 Å². The largest absolute Gasteiger partial charge is 0.466 e. The summed E-state index contributed by atoms with van der Waals surface area (Å²) < 4.78 is 36.8. The Hall–Kier alpha value is -2.25. The summed E-state index contributed by atoms with van der Waals surface area (Å²) >= 11 is 0. The maximum atomic E-state index is 12.9. The number of nitrogens with zero attached hydrogens (tertiary/aromatic N) is 1. The van der Waals surface area contributed by atoms with Crippen molar-refractivity contribution in [3.8, 4) is 11.1 Å². The van der Waals surface area contributed by atoms with Crippen LogP contribution in [-0.4, -0.2) is 33.6 Å². The first kappa shape index (κ1) is 18.5. The van der Waals surface area contributed by atoms with Gasteiger partial charge >= 0.3 is 0 Å². The fourth-order valence-electron chi connectivity index (χ4n) is 2.99. The second kappa shape index (κ2) is 7.17. The second-order valence-electron chi connectivity index (χ2n) is 6.46. The maximum Gasteiger partial charge on any atom is 0.297 e. The Morgan fingerprint density at radius 1 is 1.23 bits per heavy atom. The van der Waals surface area contributed by atoms with Gasteiger partial charge in [-0.1, -0.05) is 18.6 Å². The third-order valence-corrected chi connectivity index (χ3v) is 5.72. The third kappa shape index (κ3) is 3.64. The van der Waals surface area contributed by atoms with E-state index in [1.54, 1.807) is 18.3 Å². The molecule has 140 valence electrons. The predicted molar refractivity (Wildman–Crippen MR) is 100.0 cm³/mol. The summed E-state index contributed by atoms with van der Waals surface area (Å²) in [4.78, 5) is 2.06. The molecular weight excluding hydrogens is 352 g/mol. The number of nitrogens with one attached hydrogen (secondary N) is 1. The van der Waals surface area contributed by atoms with Crippen LogP contribution >= 0.6 is 0 Å². The van der Waals surface area contributed by atoms with E-state index in [1.807, 2.05) is 44.9 Å². The Balaban J connectivity index is 1.99. The zero-order chi connectivity index (χ0) is 18.9. The van der Waals surface area contributed by atoms with Crippen molar-refractivity contribution in [2.45, 2.75) is 32.1 Å². The lowest BCUT2D eigenvalue weighted by atomic mass is 10.0. The van der Waals surface area contributed by atoms with Crippen molar-refractivity contribution in [1.82, 2.24) is 10.2 Å². The van der Waals surface area contributed by atoms with E-state index in [9.17, 15) is 8.42 Å². The molecule has 0 fully saturated rings. The molecule has 0 spiro atoms. The van der Waals surface area contributed by atoms with Gasteiger partial charge in [-0.05, 0) is 32.0 Å². The highest BCUT2D eigenvalue weighted by Gasteiger charge is 2.24. The number of likely N-dealkylation sites (N-methyl/N-ethyl adjacent to an activating group) is 1. The summed E-state index contributed by atoms with van der Waals surface area (Å²) in [5.41, 5.74) is 3.18. The molecule has 1 aromatic heterocycles. The Morgan fingerprint density at radius 2 is 2.00 bits per heavy atom. The van der Waals surface area contributed by atoms with Gasteiger partial charge in [-0.3, -0.25) is 4.18 Å². The van der Waals surface area contributed by atoms with Crippen molar-refractivity contribution in [2.75, 3.05) is 20.3 Å². The Bertz CT molecular complexity index is 944. The molecule has 2 heterocycles. The lowest BCUT2D eigenvalue weighted by Crippen LogP contribution is -2.21. The monoisotopic (exact) mass is 376 g/mol. The normalized spacial score (nSPS) is 14.5. The highest BCUT2D eigenvalue weighted by Crippen LogP contribution is 2.34. The summed E-state index contributed by atoms with van der Waals surface area (Å²) in [6.45, 7) is 6.41. The molecule has 0 saturated heterocycles. The minimum absolute atomic E-state index is 0.00972. The van der Waals surface area contributed by atoms with Gasteiger partial charge in [-0.25, -0.2) is 0 Å². The summed E-state index contributed by atoms with van der Waals surface area (Å²) in [6, 6.07) is 7.12. The van der Waals surface area contributed by atoms with Gasteiger partial charge in [0.05, 0.1) is 12.4 Å². The SMILES string of the molecule is CCc1oc(C)cc1-c1cc(C)ccc1S(=O)(=O)OCC1=CNCN1C. The molecule has 0 bridgehead atoms. The smallest absolute Gasteiger partial charge is 0.297 e. The number of rotatable bonds is 6. The number of aryl methyl sites for hydroxylation is 3. The lowest BCUT2D eigenvalue weighted by molar-refractivity contribution is 0.304. The van der Waals surface area contributed by atoms with Crippen LogP contribution in [0, 0.1) is 13.8 Å². The quantitative estimate of drug-likeness (QED) is 0.781. The van der Waals surface area contributed by atoms with Crippen LogP contribution in [0.4, 0.5) is 0 Å². The van der Waals surface area contributed by atoms with E-state index >= 15 is 0 Å². The van der Waals surface area contributed by atoms with E-state index in [0.29, 0.717) is 18.7 Å². The molecule has 6 nitrogen and oxygen atoms in total. The van der Waals surface area contributed by atoms with Crippen LogP contribution in [0.1, 0.15) is 24.0 Å². The highest BCUT2D eigenvalue weighted by molar-refractivity contribution is 7.87. The minimum Gasteiger partial charge on any atom is -0.466 e. The molecular formula is C19H24N2O4S. The van der Waals surface area contributed by atoms with Gasteiger partial charge in [-0.15, -0.1) is 0 Å². The van der Waals surface area contributed by atoms with Crippen LogP contribution in [0.2, 0.25) is 0 Å². The third-order valence-electron chi connectivity index (χ3n) is 4.40. The first-order chi connectivity index (χ1) is 12.3. The van der Waals surface area contributed by atoms with E-state index in [1.165, 1.54) is 0 Å². The molecule has 0 radical (unpaired) electrons. The lowest BCUT2D eigenvalue weighted by Gasteiger charge is -2.16. The van der Waals surface area contributed by atoms with Crippen molar-refractivity contribution < 1.29 is 17.0 Å². The fraction of sp³-hybridized carbons (Fsp3) is 0.368. The van der Waals surface area contributed by atoms with Gasteiger partial charge in [0.25, 0.3) is 10.1 Å². The van der Waals surface area contributed by atoms with Crippen molar-refractivity contribution >= 4 is 10.1 Å². The van der Waals surface area contributed by atoms with Crippen molar-refractivity contribution in [3.63, 3.8) is 0 Å². The fourth-order valence-corrected chi connectivity index (χ4v) is 4.07. The molecule has 1 N–H and O–H groups in total. The molecule has 1 aliphatic heterocycles. The number of furan rings is 1. The zero-order valence-corrected chi connectivity index (χ0v) is 16.3. The first-order valence-corrected chi connectivity index (χ1v) is 9.96. The van der Waals surface area contributed by atoms with Crippen molar-refractivity contribution in [3.05, 3.63) is 53.2 Å². The van der Waals surface area contributed by atoms with Crippen LogP contribution in [0.15, 0.2) is 45.5 Å². The molecule has 0 amide bonds. The Kier molecular flexibility index (Phi) is 5.11. The molecule has 7 heteroatoms. The highest BCUT2D eigenvalue weighted by atomic mass is 32.2. The zero-order valence-electron chi connectivity index (χ0n) is 15.5. The van der Waals surface area contributed by atoms with Crippen LogP contribution < -0.4 is 5.32 Å². The molecule has 1 aliphatic rings. The van der Waals surface area contributed by atoms with E-state index in [-0.39, 0.29) is 11.5 Å². The average molecular weight is 376 g/mol. The van der Waals surface area contributed by atoms with E-state index in [4.69, 9.17) is 8.60 Å². The van der Waals surface area contributed by atoms with Crippen LogP contribution in [0.25, 0.3) is 11.1 Å². The Morgan fingerprint density at radius 3 is 2.65 bits per heavy atom. The number of hydrogen-bond donors (Lipinski definition) is 1. The average Bonchev–Trinajstić information content (AvgIpc) is 3.17. The summed E-state index contributed by atoms with van der Waals surface area (Å²) in [5, 5.41) is 3.04. The van der Waals surface area contributed by atoms with E-state index in [0.717, 1.165) is 28.3 Å². The molecule has 0 aliphatic carbocycles. The van der Waals surface area contributed by atoms with Gasteiger partial charge < -0.3 is 14.6 Å². The van der Waals surface area contributed by atoms with Crippen molar-refractivity contribution in [2.24, 2.45) is 0 Å². The van der Waals surface area contributed by atoms with Gasteiger partial charge in [-0.2, -0.15) is 8.42 Å². The molecule has 0 unspecified atom stereocenters.